The van der Waals surface area contributed by atoms with Crippen LogP contribution in [0.1, 0.15) is 19.8 Å². The third kappa shape index (κ3) is 6.26. The fourth-order valence-corrected chi connectivity index (χ4v) is 4.62. The zero-order valence-electron chi connectivity index (χ0n) is 22.0. The zero-order valence-corrected chi connectivity index (χ0v) is 22.0. The van der Waals surface area contributed by atoms with Crippen molar-refractivity contribution in [3.63, 3.8) is 0 Å². The second kappa shape index (κ2) is 12.0. The lowest BCUT2D eigenvalue weighted by Crippen LogP contribution is -2.38. The molecule has 2 amide bonds. The molecule has 1 aliphatic heterocycles. The lowest BCUT2D eigenvalue weighted by atomic mass is 10.2. The van der Waals surface area contributed by atoms with Crippen molar-refractivity contribution in [2.24, 2.45) is 0 Å². The fraction of sp³-hybridized carbons (Fsp3) is 0.296. The molecule has 3 heterocycles. The highest BCUT2D eigenvalue weighted by atomic mass is 19.2. The molecule has 1 aliphatic rings. The molecule has 4 aromatic rings. The molecule has 214 valence electrons. The molecule has 1 fully saturated rings. The van der Waals surface area contributed by atoms with Gasteiger partial charge in [-0.25, -0.2) is 23.5 Å². The number of nitrogens with one attached hydrogen (secondary N) is 2. The van der Waals surface area contributed by atoms with Gasteiger partial charge in [0.15, 0.2) is 11.6 Å². The van der Waals surface area contributed by atoms with Crippen LogP contribution >= 0.6 is 0 Å². The summed E-state index contributed by atoms with van der Waals surface area (Å²) in [5.41, 5.74) is 0.757. The number of likely N-dealkylation sites (tertiary alicyclic amines) is 1. The van der Waals surface area contributed by atoms with Crippen LogP contribution in [-0.2, 0) is 11.3 Å². The number of anilines is 3. The van der Waals surface area contributed by atoms with Crippen LogP contribution in [0, 0.1) is 11.6 Å². The molecule has 2 aromatic carbocycles. The van der Waals surface area contributed by atoms with Crippen LogP contribution in [0.2, 0.25) is 0 Å². The lowest BCUT2D eigenvalue weighted by molar-refractivity contribution is -0.116. The van der Waals surface area contributed by atoms with E-state index in [0.29, 0.717) is 53.5 Å². The van der Waals surface area contributed by atoms with Crippen LogP contribution in [0.15, 0.2) is 49.1 Å². The molecule has 3 N–H and O–H groups in total. The van der Waals surface area contributed by atoms with Gasteiger partial charge in [-0.15, -0.1) is 0 Å². The second-order valence-electron chi connectivity index (χ2n) is 9.25. The highest BCUT2D eigenvalue weighted by molar-refractivity contribution is 5.96. The highest BCUT2D eigenvalue weighted by Gasteiger charge is 2.29. The van der Waals surface area contributed by atoms with Gasteiger partial charge in [-0.1, -0.05) is 6.07 Å². The maximum Gasteiger partial charge on any atom is 0.407 e. The second-order valence-corrected chi connectivity index (χ2v) is 9.25. The number of rotatable bonds is 10. The largest absolute Gasteiger partial charge is 0.494 e. The van der Waals surface area contributed by atoms with Gasteiger partial charge >= 0.3 is 6.09 Å². The molecule has 41 heavy (non-hydrogen) atoms. The number of hydrogen-bond donors (Lipinski definition) is 3. The van der Waals surface area contributed by atoms with E-state index in [1.54, 1.807) is 18.3 Å². The van der Waals surface area contributed by atoms with E-state index in [4.69, 9.17) is 9.47 Å². The summed E-state index contributed by atoms with van der Waals surface area (Å²) in [4.78, 5) is 34.1. The molecule has 0 radical (unpaired) electrons. The van der Waals surface area contributed by atoms with Crippen molar-refractivity contribution in [2.75, 3.05) is 30.4 Å². The average Bonchev–Trinajstić information content (AvgIpc) is 3.59. The molecule has 0 aliphatic carbocycles. The maximum atomic E-state index is 13.9. The normalized spacial score (nSPS) is 14.7. The molecular weight excluding hydrogens is 540 g/mol. The molecule has 0 spiro atoms. The van der Waals surface area contributed by atoms with Crippen molar-refractivity contribution < 1.29 is 33.0 Å². The van der Waals surface area contributed by atoms with E-state index < -0.39 is 23.6 Å². The minimum Gasteiger partial charge on any atom is -0.494 e. The molecule has 0 bridgehead atoms. The molecule has 2 aromatic heterocycles. The Kier molecular flexibility index (Phi) is 8.08. The van der Waals surface area contributed by atoms with Gasteiger partial charge in [-0.3, -0.25) is 9.48 Å². The number of carbonyl (C=O) groups is 2. The van der Waals surface area contributed by atoms with Crippen LogP contribution < -0.4 is 20.1 Å². The Morgan fingerprint density at radius 2 is 2.05 bits per heavy atom. The van der Waals surface area contributed by atoms with Gasteiger partial charge in [-0.2, -0.15) is 5.10 Å². The van der Waals surface area contributed by atoms with Gasteiger partial charge in [0, 0.05) is 24.9 Å². The first-order valence-corrected chi connectivity index (χ1v) is 12.9. The molecular formula is C27H27F2N7O5. The number of amides is 2. The predicted molar refractivity (Wildman–Crippen MR) is 144 cm³/mol. The highest BCUT2D eigenvalue weighted by Crippen LogP contribution is 2.36. The Balaban J connectivity index is 1.35. The number of carbonyl (C=O) groups excluding carboxylic acids is 1. The smallest absolute Gasteiger partial charge is 0.407 e. The minimum atomic E-state index is -1.14. The van der Waals surface area contributed by atoms with E-state index in [1.807, 2.05) is 6.92 Å². The topological polar surface area (TPSA) is 144 Å². The van der Waals surface area contributed by atoms with Crippen LogP contribution in [0.4, 0.5) is 30.8 Å². The van der Waals surface area contributed by atoms with Crippen LogP contribution in [0.25, 0.3) is 10.9 Å². The summed E-state index contributed by atoms with van der Waals surface area (Å²) in [5.74, 6) is -1.47. The standard InChI is InChI=1S/C27H27F2N7O5/c1-2-40-18-9-21-24(22(10-18)41-14-17-5-4-8-36(17)27(38)39)26(31-15-30-21)33-16-11-32-35(12-16)13-23(37)34-20-7-3-6-19(28)25(20)29/h3,6-7,9-12,15,17H,2,4-5,8,13-14H2,1H3,(H,34,37)(H,38,39)(H,30,31,33)/t17-/m1/s1. The third-order valence-electron chi connectivity index (χ3n) is 6.47. The van der Waals surface area contributed by atoms with Gasteiger partial charge in [0.1, 0.15) is 36.8 Å². The minimum absolute atomic E-state index is 0.143. The quantitative estimate of drug-likeness (QED) is 0.254. The summed E-state index contributed by atoms with van der Waals surface area (Å²) in [6.07, 6.45) is 4.86. The van der Waals surface area contributed by atoms with Crippen molar-refractivity contribution in [1.82, 2.24) is 24.6 Å². The Morgan fingerprint density at radius 3 is 2.85 bits per heavy atom. The first-order chi connectivity index (χ1) is 19.8. The van der Waals surface area contributed by atoms with Gasteiger partial charge in [-0.05, 0) is 31.9 Å². The van der Waals surface area contributed by atoms with Crippen molar-refractivity contribution in [3.8, 4) is 11.5 Å². The van der Waals surface area contributed by atoms with E-state index in [0.717, 1.165) is 12.5 Å². The van der Waals surface area contributed by atoms with Crippen LogP contribution in [0.5, 0.6) is 11.5 Å². The van der Waals surface area contributed by atoms with Gasteiger partial charge in [0.2, 0.25) is 5.91 Å². The number of aromatic nitrogens is 4. The summed E-state index contributed by atoms with van der Waals surface area (Å²) >= 11 is 0. The van der Waals surface area contributed by atoms with Gasteiger partial charge in [0.25, 0.3) is 0 Å². The Hall–Kier alpha value is -5.01. The molecule has 0 saturated carbocycles. The van der Waals surface area contributed by atoms with Gasteiger partial charge in [0.05, 0.1) is 41.1 Å². The molecule has 14 heteroatoms. The molecule has 1 atom stereocenters. The summed E-state index contributed by atoms with van der Waals surface area (Å²) in [5, 5.41) is 19.7. The molecule has 5 rings (SSSR count). The number of nitrogens with zero attached hydrogens (tertiary/aromatic N) is 5. The van der Waals surface area contributed by atoms with E-state index in [2.05, 4.69) is 25.7 Å². The number of hydrogen-bond acceptors (Lipinski definition) is 8. The van der Waals surface area contributed by atoms with E-state index >= 15 is 0 Å². The monoisotopic (exact) mass is 567 g/mol. The van der Waals surface area contributed by atoms with Crippen LogP contribution in [-0.4, -0.2) is 67.6 Å². The first kappa shape index (κ1) is 27.6. The Bertz CT molecular complexity index is 1580. The van der Waals surface area contributed by atoms with E-state index in [-0.39, 0.29) is 24.9 Å². The molecule has 12 nitrogen and oxygen atoms in total. The van der Waals surface area contributed by atoms with Gasteiger partial charge < -0.3 is 30.1 Å². The number of halogens is 2. The number of benzene rings is 2. The molecule has 0 unspecified atom stereocenters. The summed E-state index contributed by atoms with van der Waals surface area (Å²) in [6, 6.07) is 6.68. The summed E-state index contributed by atoms with van der Waals surface area (Å²) < 4.78 is 40.5. The lowest BCUT2D eigenvalue weighted by Gasteiger charge is -2.22. The third-order valence-corrected chi connectivity index (χ3v) is 6.47. The van der Waals surface area contributed by atoms with Crippen molar-refractivity contribution >= 4 is 40.1 Å². The van der Waals surface area contributed by atoms with E-state index in [1.165, 1.54) is 34.2 Å². The summed E-state index contributed by atoms with van der Waals surface area (Å²) in [6.45, 7) is 2.63. The zero-order chi connectivity index (χ0) is 28.9. The first-order valence-electron chi connectivity index (χ1n) is 12.9. The summed E-state index contributed by atoms with van der Waals surface area (Å²) in [7, 11) is 0. The SMILES string of the molecule is CCOc1cc(OC[C@H]2CCCN2C(=O)O)c2c(Nc3cnn(CC(=O)Nc4cccc(F)c4F)c3)ncnc2c1. The Morgan fingerprint density at radius 1 is 1.20 bits per heavy atom. The van der Waals surface area contributed by atoms with Crippen molar-refractivity contribution in [2.45, 2.75) is 32.4 Å². The molecule has 1 saturated heterocycles. The number of fused-ring (bicyclic) bond motifs is 1. The number of ether oxygens (including phenoxy) is 2. The maximum absolute atomic E-state index is 13.9. The van der Waals surface area contributed by atoms with Crippen molar-refractivity contribution in [3.05, 3.63) is 60.7 Å². The van der Waals surface area contributed by atoms with E-state index in [9.17, 15) is 23.5 Å². The average molecular weight is 568 g/mol. The Labute approximate surface area is 232 Å². The fourth-order valence-electron chi connectivity index (χ4n) is 4.62. The number of carboxylic acid groups (broad SMARTS) is 1. The van der Waals surface area contributed by atoms with Crippen molar-refractivity contribution in [1.29, 1.82) is 0 Å². The van der Waals surface area contributed by atoms with Crippen LogP contribution in [0.3, 0.4) is 0 Å². The predicted octanol–water partition coefficient (Wildman–Crippen LogP) is 4.41.